The van der Waals surface area contributed by atoms with E-state index in [1.165, 1.54) is 0 Å². The van der Waals surface area contributed by atoms with Gasteiger partial charge in [-0.15, -0.1) is 0 Å². The topological polar surface area (TPSA) is 21.3 Å². The summed E-state index contributed by atoms with van der Waals surface area (Å²) in [6.07, 6.45) is -4.31. The van der Waals surface area contributed by atoms with Crippen molar-refractivity contribution in [2.24, 2.45) is 0 Å². The summed E-state index contributed by atoms with van der Waals surface area (Å²) in [7, 11) is 0. The van der Waals surface area contributed by atoms with Crippen molar-refractivity contribution in [2.75, 3.05) is 19.8 Å². The molecule has 1 atom stereocenters. The fourth-order valence-electron chi connectivity index (χ4n) is 1.78. The van der Waals surface area contributed by atoms with Crippen LogP contribution in [0.25, 0.3) is 0 Å². The summed E-state index contributed by atoms with van der Waals surface area (Å²) in [6.45, 7) is 5.26. The monoisotopic (exact) mass is 323 g/mol. The number of nitrogens with one attached hydrogen (secondary N) is 1. The van der Waals surface area contributed by atoms with Gasteiger partial charge in [0.25, 0.3) is 0 Å². The molecule has 0 radical (unpaired) electrons. The highest BCUT2D eigenvalue weighted by Crippen LogP contribution is 2.22. The Morgan fingerprint density at radius 1 is 1.24 bits per heavy atom. The molecule has 0 aliphatic carbocycles. The van der Waals surface area contributed by atoms with E-state index in [1.807, 2.05) is 26.8 Å². The average Bonchev–Trinajstić information content (AvgIpc) is 2.30. The highest BCUT2D eigenvalue weighted by atomic mass is 35.5. The van der Waals surface area contributed by atoms with Crippen molar-refractivity contribution in [1.82, 2.24) is 5.32 Å². The number of benzene rings is 1. The minimum atomic E-state index is -4.31. The lowest BCUT2D eigenvalue weighted by molar-refractivity contribution is -0.174. The molecule has 120 valence electrons. The summed E-state index contributed by atoms with van der Waals surface area (Å²) in [5.74, 6) is -0.190. The maximum Gasteiger partial charge on any atom is 0.411 e. The maximum absolute atomic E-state index is 12.2. The summed E-state index contributed by atoms with van der Waals surface area (Å²) >= 11 is 5.94. The van der Waals surface area contributed by atoms with Crippen molar-refractivity contribution < 1.29 is 17.9 Å². The van der Waals surface area contributed by atoms with Crippen LogP contribution in [0.2, 0.25) is 5.02 Å². The average molecular weight is 324 g/mol. The van der Waals surface area contributed by atoms with Gasteiger partial charge in [-0.1, -0.05) is 23.7 Å². The predicted molar refractivity (Wildman–Crippen MR) is 78.8 cm³/mol. The highest BCUT2D eigenvalue weighted by Gasteiger charge is 2.28. The van der Waals surface area contributed by atoms with Gasteiger partial charge in [0.05, 0.1) is 6.61 Å². The molecule has 2 nitrogen and oxygen atoms in total. The number of hydrogen-bond donors (Lipinski definition) is 1. The lowest BCUT2D eigenvalue weighted by atomic mass is 9.98. The second-order valence-corrected chi connectivity index (χ2v) is 6.45. The maximum atomic E-state index is 12.2. The van der Waals surface area contributed by atoms with E-state index in [0.29, 0.717) is 11.6 Å². The molecule has 0 saturated heterocycles. The van der Waals surface area contributed by atoms with Crippen LogP contribution in [0.15, 0.2) is 24.3 Å². The molecule has 0 amide bonds. The Morgan fingerprint density at radius 3 is 2.43 bits per heavy atom. The van der Waals surface area contributed by atoms with Crippen molar-refractivity contribution in [3.63, 3.8) is 0 Å². The molecule has 1 N–H and O–H groups in total. The van der Waals surface area contributed by atoms with Crippen LogP contribution in [0.5, 0.6) is 0 Å². The molecule has 1 aromatic rings. The Balaban J connectivity index is 2.70. The van der Waals surface area contributed by atoms with Crippen molar-refractivity contribution in [3.8, 4) is 0 Å². The van der Waals surface area contributed by atoms with Crippen molar-refractivity contribution in [3.05, 3.63) is 34.9 Å². The van der Waals surface area contributed by atoms with Crippen LogP contribution in [0.3, 0.4) is 0 Å². The standard InChI is InChI=1S/C15H21ClF3NO/c1-14(2,3)20-8-12(9-21-10-15(17,18)19)11-5-4-6-13(16)7-11/h4-7,12,20H,8-10H2,1-3H3. The molecule has 6 heteroatoms. The summed E-state index contributed by atoms with van der Waals surface area (Å²) < 4.78 is 41.4. The lowest BCUT2D eigenvalue weighted by Crippen LogP contribution is -2.39. The minimum absolute atomic E-state index is 0.0110. The number of rotatable bonds is 6. The number of hydrogen-bond acceptors (Lipinski definition) is 2. The molecule has 1 aromatic carbocycles. The smallest absolute Gasteiger partial charge is 0.371 e. The quantitative estimate of drug-likeness (QED) is 0.838. The Bertz CT molecular complexity index is 443. The Morgan fingerprint density at radius 2 is 1.90 bits per heavy atom. The molecule has 0 spiro atoms. The normalized spacial score (nSPS) is 14.2. The van der Waals surface area contributed by atoms with Crippen LogP contribution < -0.4 is 5.32 Å². The first-order valence-electron chi connectivity index (χ1n) is 6.72. The third-order valence-electron chi connectivity index (χ3n) is 2.78. The first kappa shape index (κ1) is 18.3. The SMILES string of the molecule is CC(C)(C)NCC(COCC(F)(F)F)c1cccc(Cl)c1. The highest BCUT2D eigenvalue weighted by molar-refractivity contribution is 6.30. The lowest BCUT2D eigenvalue weighted by Gasteiger charge is -2.26. The van der Waals surface area contributed by atoms with E-state index in [9.17, 15) is 13.2 Å². The van der Waals surface area contributed by atoms with Crippen LogP contribution in [-0.2, 0) is 4.74 Å². The fraction of sp³-hybridized carbons (Fsp3) is 0.600. The summed E-state index contributed by atoms with van der Waals surface area (Å²) in [5, 5.41) is 3.84. The second kappa shape index (κ2) is 7.47. The predicted octanol–water partition coefficient (Wildman–Crippen LogP) is 4.39. The molecule has 21 heavy (non-hydrogen) atoms. The number of ether oxygens (including phenoxy) is 1. The molecule has 0 aromatic heterocycles. The van der Waals surface area contributed by atoms with Crippen molar-refractivity contribution in [1.29, 1.82) is 0 Å². The molecular weight excluding hydrogens is 303 g/mol. The van der Waals surface area contributed by atoms with Gasteiger partial charge in [0.1, 0.15) is 6.61 Å². The van der Waals surface area contributed by atoms with Crippen LogP contribution in [-0.4, -0.2) is 31.5 Å². The van der Waals surface area contributed by atoms with Gasteiger partial charge < -0.3 is 10.1 Å². The first-order valence-corrected chi connectivity index (χ1v) is 7.09. The molecule has 1 rings (SSSR count). The Labute approximate surface area is 128 Å². The van der Waals surface area contributed by atoms with E-state index >= 15 is 0 Å². The van der Waals surface area contributed by atoms with E-state index in [2.05, 4.69) is 5.32 Å². The zero-order valence-electron chi connectivity index (χ0n) is 12.4. The molecule has 0 saturated carbocycles. The third kappa shape index (κ3) is 8.29. The zero-order chi connectivity index (χ0) is 16.1. The number of halogens is 4. The minimum Gasteiger partial charge on any atom is -0.371 e. The van der Waals surface area contributed by atoms with Gasteiger partial charge in [-0.05, 0) is 38.5 Å². The summed E-state index contributed by atoms with van der Waals surface area (Å²) in [6, 6.07) is 7.12. The van der Waals surface area contributed by atoms with E-state index in [-0.39, 0.29) is 18.1 Å². The van der Waals surface area contributed by atoms with E-state index in [0.717, 1.165) is 5.56 Å². The molecule has 1 unspecified atom stereocenters. The van der Waals surface area contributed by atoms with Crippen LogP contribution >= 0.6 is 11.6 Å². The molecule has 0 aliphatic rings. The molecular formula is C15H21ClF3NO. The first-order chi connectivity index (χ1) is 9.57. The molecule has 0 aliphatic heterocycles. The van der Waals surface area contributed by atoms with Crippen molar-refractivity contribution >= 4 is 11.6 Å². The van der Waals surface area contributed by atoms with Gasteiger partial charge in [0, 0.05) is 23.0 Å². The van der Waals surface area contributed by atoms with Gasteiger partial charge in [-0.25, -0.2) is 0 Å². The van der Waals surface area contributed by atoms with E-state index in [4.69, 9.17) is 16.3 Å². The summed E-state index contributed by atoms with van der Waals surface area (Å²) in [5.41, 5.74) is 0.738. The van der Waals surface area contributed by atoms with E-state index < -0.39 is 12.8 Å². The van der Waals surface area contributed by atoms with Crippen LogP contribution in [0.4, 0.5) is 13.2 Å². The van der Waals surface area contributed by atoms with E-state index in [1.54, 1.807) is 18.2 Å². The van der Waals surface area contributed by atoms with Crippen LogP contribution in [0, 0.1) is 0 Å². The zero-order valence-corrected chi connectivity index (χ0v) is 13.2. The van der Waals surface area contributed by atoms with Crippen LogP contribution in [0.1, 0.15) is 32.3 Å². The second-order valence-electron chi connectivity index (χ2n) is 6.01. The molecule has 0 fully saturated rings. The summed E-state index contributed by atoms with van der Waals surface area (Å²) in [4.78, 5) is 0. The number of alkyl halides is 3. The fourth-order valence-corrected chi connectivity index (χ4v) is 1.98. The van der Waals surface area contributed by atoms with Crippen molar-refractivity contribution in [2.45, 2.75) is 38.4 Å². The van der Waals surface area contributed by atoms with Gasteiger partial charge in [0.15, 0.2) is 0 Å². The molecule has 0 bridgehead atoms. The molecule has 0 heterocycles. The largest absolute Gasteiger partial charge is 0.411 e. The van der Waals surface area contributed by atoms with Gasteiger partial charge >= 0.3 is 6.18 Å². The third-order valence-corrected chi connectivity index (χ3v) is 3.02. The Hall–Kier alpha value is -0.780. The van der Waals surface area contributed by atoms with Gasteiger partial charge in [-0.3, -0.25) is 0 Å². The van der Waals surface area contributed by atoms with Gasteiger partial charge in [-0.2, -0.15) is 13.2 Å². The Kier molecular flexibility index (Phi) is 6.50. The van der Waals surface area contributed by atoms with Gasteiger partial charge in [0.2, 0.25) is 0 Å².